The summed E-state index contributed by atoms with van der Waals surface area (Å²) in [5.74, 6) is -2.74. The molecule has 1 aliphatic carbocycles. The number of pyridine rings is 1. The van der Waals surface area contributed by atoms with Crippen LogP contribution in [0.4, 0.5) is 14.9 Å². The zero-order valence-electron chi connectivity index (χ0n) is 29.5. The minimum atomic E-state index is -3.66. The lowest BCUT2D eigenvalue weighted by atomic mass is 10.1. The quantitative estimate of drug-likeness (QED) is 0.0983. The molecule has 0 bridgehead atoms. The van der Waals surface area contributed by atoms with Crippen molar-refractivity contribution in [3.05, 3.63) is 33.9 Å². The predicted octanol–water partition coefficient (Wildman–Crippen LogP) is 6.55. The van der Waals surface area contributed by atoms with Crippen molar-refractivity contribution in [2.24, 2.45) is 0 Å². The Morgan fingerprint density at radius 3 is 2.33 bits per heavy atom. The zero-order valence-corrected chi connectivity index (χ0v) is 31.3. The molecule has 4 rings (SSSR count). The summed E-state index contributed by atoms with van der Waals surface area (Å²) in [6.45, 7) is 7.64. The summed E-state index contributed by atoms with van der Waals surface area (Å²) in [7, 11) is -2.72. The van der Waals surface area contributed by atoms with Crippen molar-refractivity contribution in [1.82, 2.24) is 9.47 Å². The van der Waals surface area contributed by atoms with Gasteiger partial charge >= 0.3 is 25.6 Å². The number of fused-ring (bicyclic) bond motifs is 1. The van der Waals surface area contributed by atoms with E-state index in [-0.39, 0.29) is 75.0 Å². The highest BCUT2D eigenvalue weighted by Crippen LogP contribution is 2.58. The molecule has 15 nitrogen and oxygen atoms in total. The Hall–Kier alpha value is -3.58. The van der Waals surface area contributed by atoms with E-state index >= 15 is 4.39 Å². The van der Waals surface area contributed by atoms with Crippen LogP contribution in [0.2, 0.25) is 0 Å². The zero-order chi connectivity index (χ0) is 37.5. The van der Waals surface area contributed by atoms with E-state index in [4.69, 9.17) is 23.3 Å². The fourth-order valence-corrected chi connectivity index (χ4v) is 8.92. The summed E-state index contributed by atoms with van der Waals surface area (Å²) in [6, 6.07) is 0.503. The SMILES string of the molecule is CCCOP(=O)(OCCC)C(CCCC(=O)OC(C)OC(=O)N1CCN(c2c(F)cc3c(=O)c(C(=O)O)cn(C4CC4)c3c2OC)CC1C)P=O. The van der Waals surface area contributed by atoms with Gasteiger partial charge in [0.1, 0.15) is 16.7 Å². The number of ether oxygens (including phenoxy) is 3. The Balaban J connectivity index is 1.37. The Morgan fingerprint density at radius 1 is 1.12 bits per heavy atom. The molecule has 2 heterocycles. The van der Waals surface area contributed by atoms with Crippen molar-refractivity contribution < 1.29 is 56.3 Å². The molecule has 2 fully saturated rings. The van der Waals surface area contributed by atoms with Crippen LogP contribution in [0.5, 0.6) is 5.75 Å². The van der Waals surface area contributed by atoms with Gasteiger partial charge in [-0.2, -0.15) is 0 Å². The highest BCUT2D eigenvalue weighted by Gasteiger charge is 2.37. The molecule has 51 heavy (non-hydrogen) atoms. The van der Waals surface area contributed by atoms with Crippen LogP contribution in [0.15, 0.2) is 17.1 Å². The second kappa shape index (κ2) is 17.8. The number of anilines is 1. The topological polar surface area (TPSA) is 180 Å². The molecule has 1 amide bonds. The number of hydrogen-bond donors (Lipinski definition) is 1. The number of hydrogen-bond acceptors (Lipinski definition) is 12. The number of aromatic nitrogens is 1. The third kappa shape index (κ3) is 9.46. The Bertz CT molecular complexity index is 1710. The number of halogens is 1. The number of carbonyl (C=O) groups excluding carboxylic acids is 2. The molecule has 1 N–H and O–H groups in total. The third-order valence-electron chi connectivity index (χ3n) is 8.60. The summed E-state index contributed by atoms with van der Waals surface area (Å²) >= 11 is 0. The number of methoxy groups -OCH3 is 1. The summed E-state index contributed by atoms with van der Waals surface area (Å²) in [4.78, 5) is 53.6. The highest BCUT2D eigenvalue weighted by atomic mass is 31.2. The van der Waals surface area contributed by atoms with Crippen LogP contribution < -0.4 is 15.1 Å². The number of carboxylic acids is 1. The van der Waals surface area contributed by atoms with Crippen molar-refractivity contribution in [3.63, 3.8) is 0 Å². The summed E-state index contributed by atoms with van der Waals surface area (Å²) in [5.41, 5.74) is -0.856. The number of benzene rings is 1. The maximum atomic E-state index is 15.8. The van der Waals surface area contributed by atoms with E-state index in [9.17, 15) is 33.4 Å². The van der Waals surface area contributed by atoms with Gasteiger partial charge in [-0.3, -0.25) is 18.7 Å². The molecular weight excluding hydrogens is 711 g/mol. The van der Waals surface area contributed by atoms with E-state index in [1.54, 1.807) is 16.4 Å². The Labute approximate surface area is 297 Å². The first kappa shape index (κ1) is 40.2. The van der Waals surface area contributed by atoms with Gasteiger partial charge in [-0.25, -0.2) is 14.0 Å². The number of esters is 1. The van der Waals surface area contributed by atoms with Gasteiger partial charge in [-0.1, -0.05) is 13.8 Å². The molecule has 1 aromatic heterocycles. The smallest absolute Gasteiger partial charge is 0.413 e. The van der Waals surface area contributed by atoms with Crippen LogP contribution in [0, 0.1) is 5.82 Å². The number of carboxylic acid groups (broad SMARTS) is 1. The van der Waals surface area contributed by atoms with E-state index in [0.29, 0.717) is 18.4 Å². The van der Waals surface area contributed by atoms with Crippen molar-refractivity contribution in [1.29, 1.82) is 0 Å². The van der Waals surface area contributed by atoms with Gasteiger partial charge in [0.05, 0.1) is 31.2 Å². The third-order valence-corrected chi connectivity index (χ3v) is 12.3. The van der Waals surface area contributed by atoms with Crippen LogP contribution in [0.25, 0.3) is 10.9 Å². The molecule has 1 aromatic carbocycles. The molecule has 2 aromatic rings. The first-order valence-electron chi connectivity index (χ1n) is 17.1. The van der Waals surface area contributed by atoms with E-state index < -0.39 is 68.6 Å². The fourth-order valence-electron chi connectivity index (χ4n) is 5.98. The van der Waals surface area contributed by atoms with E-state index in [0.717, 1.165) is 18.9 Å². The lowest BCUT2D eigenvalue weighted by Crippen LogP contribution is -2.55. The van der Waals surface area contributed by atoms with Gasteiger partial charge in [0.2, 0.25) is 11.7 Å². The highest BCUT2D eigenvalue weighted by molar-refractivity contribution is 7.63. The number of carbonyl (C=O) groups is 3. The van der Waals surface area contributed by atoms with E-state index in [2.05, 4.69) is 0 Å². The molecule has 1 saturated carbocycles. The molecule has 1 aliphatic heterocycles. The van der Waals surface area contributed by atoms with Crippen LogP contribution in [-0.2, 0) is 32.4 Å². The lowest BCUT2D eigenvalue weighted by molar-refractivity contribution is -0.166. The van der Waals surface area contributed by atoms with Crippen LogP contribution in [0.3, 0.4) is 0 Å². The van der Waals surface area contributed by atoms with Gasteiger partial charge in [-0.15, -0.1) is 0 Å². The van der Waals surface area contributed by atoms with Crippen molar-refractivity contribution in [2.75, 3.05) is 44.9 Å². The molecule has 18 heteroatoms. The average molecular weight is 758 g/mol. The number of aromatic carboxylic acids is 1. The molecule has 3 unspecified atom stereocenters. The predicted molar refractivity (Wildman–Crippen MR) is 186 cm³/mol. The van der Waals surface area contributed by atoms with Crippen molar-refractivity contribution in [2.45, 2.75) is 96.4 Å². The molecular formula is C33H46FN3O12P2. The number of amides is 1. The number of piperazine rings is 1. The number of nitrogens with zero attached hydrogens (tertiary/aromatic N) is 3. The Morgan fingerprint density at radius 2 is 1.78 bits per heavy atom. The Kier molecular flexibility index (Phi) is 14.0. The molecule has 3 atom stereocenters. The maximum absolute atomic E-state index is 15.8. The van der Waals surface area contributed by atoms with Gasteiger partial charge in [0.25, 0.3) is 0 Å². The van der Waals surface area contributed by atoms with Crippen molar-refractivity contribution >= 4 is 50.7 Å². The second-order valence-electron chi connectivity index (χ2n) is 12.6. The van der Waals surface area contributed by atoms with Crippen LogP contribution in [0.1, 0.15) is 89.0 Å². The van der Waals surface area contributed by atoms with Crippen LogP contribution in [-0.4, -0.2) is 90.3 Å². The molecule has 1 saturated heterocycles. The monoisotopic (exact) mass is 757 g/mol. The minimum absolute atomic E-state index is 0.0524. The molecule has 2 aliphatic rings. The fraction of sp³-hybridized carbons (Fsp3) is 0.636. The van der Waals surface area contributed by atoms with E-state index in [1.807, 2.05) is 13.8 Å². The second-order valence-corrected chi connectivity index (χ2v) is 16.0. The molecule has 0 spiro atoms. The average Bonchev–Trinajstić information content (AvgIpc) is 3.93. The normalized spacial score (nSPS) is 17.7. The standard InChI is InChI=1S/C33H46FN3O12P2/c1-6-15-46-51(44,47-16-7-2)27(50-43)10-8-9-26(38)48-21(4)49-33(42)36-14-13-35(18-20(36)3)29-25(34)17-23-28(31(29)45-5)37(22-11-12-22)19-24(30(23)39)32(40)41/h17,19-22,27H,6-16,18H2,1-5H3,(H,40,41). The maximum Gasteiger partial charge on any atom is 0.413 e. The molecule has 282 valence electrons. The summed E-state index contributed by atoms with van der Waals surface area (Å²) < 4.78 is 69.7. The van der Waals surface area contributed by atoms with Gasteiger partial charge < -0.3 is 42.7 Å². The first-order chi connectivity index (χ1) is 24.3. The largest absolute Gasteiger partial charge is 0.492 e. The van der Waals surface area contributed by atoms with Gasteiger partial charge in [0, 0.05) is 51.3 Å². The summed E-state index contributed by atoms with van der Waals surface area (Å²) in [6.07, 6.45) is 2.22. The minimum Gasteiger partial charge on any atom is -0.492 e. The van der Waals surface area contributed by atoms with E-state index in [1.165, 1.54) is 25.1 Å². The first-order valence-corrected chi connectivity index (χ1v) is 19.6. The lowest BCUT2D eigenvalue weighted by Gasteiger charge is -2.41. The van der Waals surface area contributed by atoms with Gasteiger partial charge in [-0.05, 0) is 51.5 Å². The summed E-state index contributed by atoms with van der Waals surface area (Å²) in [5, 5.41) is 8.56. The van der Waals surface area contributed by atoms with Gasteiger partial charge in [0.15, 0.2) is 20.0 Å². The van der Waals surface area contributed by atoms with Crippen LogP contribution >= 0.6 is 16.1 Å². The van der Waals surface area contributed by atoms with Crippen molar-refractivity contribution in [3.8, 4) is 5.75 Å². The molecule has 0 radical (unpaired) electrons. The number of rotatable bonds is 18.